The summed E-state index contributed by atoms with van der Waals surface area (Å²) >= 11 is 0. The summed E-state index contributed by atoms with van der Waals surface area (Å²) < 4.78 is 11.3. The number of benzene rings is 1. The van der Waals surface area contributed by atoms with Gasteiger partial charge in [-0.3, -0.25) is 9.59 Å². The lowest BCUT2D eigenvalue weighted by Gasteiger charge is -2.34. The maximum atomic E-state index is 12.8. The zero-order valence-electron chi connectivity index (χ0n) is 18.0. The zero-order valence-corrected chi connectivity index (χ0v) is 18.0. The van der Waals surface area contributed by atoms with E-state index in [9.17, 15) is 9.59 Å². The SMILES string of the molecule is CC1(C)OCC(C(=O)N2CCC(c3ccc(C(N)=O)c(C4=CCCCC4)c3)CC2)O1. The van der Waals surface area contributed by atoms with E-state index in [4.69, 9.17) is 15.2 Å². The lowest BCUT2D eigenvalue weighted by Crippen LogP contribution is -2.44. The van der Waals surface area contributed by atoms with Gasteiger partial charge in [-0.25, -0.2) is 0 Å². The van der Waals surface area contributed by atoms with Gasteiger partial charge in [0.25, 0.3) is 5.91 Å². The molecule has 2 saturated heterocycles. The van der Waals surface area contributed by atoms with E-state index in [2.05, 4.69) is 12.1 Å². The first-order chi connectivity index (χ1) is 14.3. The van der Waals surface area contributed by atoms with Crippen molar-refractivity contribution >= 4 is 17.4 Å². The Bertz CT molecular complexity index is 853. The summed E-state index contributed by atoms with van der Waals surface area (Å²) in [5, 5.41) is 0. The van der Waals surface area contributed by atoms with Crippen molar-refractivity contribution in [2.45, 2.75) is 70.2 Å². The number of amides is 2. The number of carbonyl (C=O) groups is 2. The second kappa shape index (κ2) is 8.52. The minimum Gasteiger partial charge on any atom is -0.366 e. The number of hydrogen-bond acceptors (Lipinski definition) is 4. The highest BCUT2D eigenvalue weighted by Gasteiger charge is 2.39. The van der Waals surface area contributed by atoms with Gasteiger partial charge in [0.05, 0.1) is 6.61 Å². The second-order valence-corrected chi connectivity index (χ2v) is 9.06. The van der Waals surface area contributed by atoms with Gasteiger partial charge in [-0.15, -0.1) is 0 Å². The van der Waals surface area contributed by atoms with Crippen LogP contribution in [0.4, 0.5) is 0 Å². The highest BCUT2D eigenvalue weighted by atomic mass is 16.7. The zero-order chi connectivity index (χ0) is 21.3. The number of rotatable bonds is 4. The molecule has 0 spiro atoms. The highest BCUT2D eigenvalue weighted by molar-refractivity contribution is 5.98. The third-order valence-corrected chi connectivity index (χ3v) is 6.51. The molecule has 2 fully saturated rings. The van der Waals surface area contributed by atoms with Crippen LogP contribution in [0.3, 0.4) is 0 Å². The van der Waals surface area contributed by atoms with E-state index in [0.29, 0.717) is 31.2 Å². The molecule has 0 aromatic heterocycles. The fourth-order valence-electron chi connectivity index (χ4n) is 4.82. The predicted octanol–water partition coefficient (Wildman–Crippen LogP) is 3.60. The van der Waals surface area contributed by atoms with E-state index < -0.39 is 11.9 Å². The molecule has 6 heteroatoms. The van der Waals surface area contributed by atoms with Crippen LogP contribution in [0, 0.1) is 0 Å². The number of nitrogens with zero attached hydrogens (tertiary/aromatic N) is 1. The molecular formula is C24H32N2O4. The van der Waals surface area contributed by atoms with Gasteiger partial charge in [0.1, 0.15) is 0 Å². The predicted molar refractivity (Wildman–Crippen MR) is 115 cm³/mol. The van der Waals surface area contributed by atoms with Crippen molar-refractivity contribution in [3.05, 3.63) is 41.0 Å². The molecule has 1 aliphatic carbocycles. The van der Waals surface area contributed by atoms with Crippen LogP contribution in [0.15, 0.2) is 24.3 Å². The Hall–Kier alpha value is -2.18. The summed E-state index contributed by atoms with van der Waals surface area (Å²) in [4.78, 5) is 26.6. The number of ether oxygens (including phenoxy) is 2. The van der Waals surface area contributed by atoms with Gasteiger partial charge in [-0.2, -0.15) is 0 Å². The van der Waals surface area contributed by atoms with Crippen molar-refractivity contribution in [2.24, 2.45) is 5.73 Å². The molecule has 0 radical (unpaired) electrons. The van der Waals surface area contributed by atoms with Crippen molar-refractivity contribution in [3.8, 4) is 0 Å². The molecule has 6 nitrogen and oxygen atoms in total. The van der Waals surface area contributed by atoms with Crippen molar-refractivity contribution in [1.29, 1.82) is 0 Å². The first-order valence-electron chi connectivity index (χ1n) is 11.1. The van der Waals surface area contributed by atoms with E-state index >= 15 is 0 Å². The van der Waals surface area contributed by atoms with Gasteiger partial charge in [0.2, 0.25) is 5.91 Å². The maximum Gasteiger partial charge on any atom is 0.254 e. The smallest absolute Gasteiger partial charge is 0.254 e. The number of hydrogen-bond donors (Lipinski definition) is 1. The van der Waals surface area contributed by atoms with Crippen LogP contribution >= 0.6 is 0 Å². The molecule has 2 heterocycles. The summed E-state index contributed by atoms with van der Waals surface area (Å²) in [6.07, 6.45) is 7.96. The Morgan fingerprint density at radius 3 is 2.53 bits per heavy atom. The van der Waals surface area contributed by atoms with E-state index in [1.54, 1.807) is 0 Å². The first kappa shape index (κ1) is 21.1. The number of allylic oxidation sites excluding steroid dienone is 2. The molecule has 2 N–H and O–H groups in total. The Balaban J connectivity index is 1.45. The van der Waals surface area contributed by atoms with Crippen molar-refractivity contribution in [3.63, 3.8) is 0 Å². The second-order valence-electron chi connectivity index (χ2n) is 9.06. The van der Waals surface area contributed by atoms with Gasteiger partial charge in [0.15, 0.2) is 11.9 Å². The number of carbonyl (C=O) groups excluding carboxylic acids is 2. The summed E-state index contributed by atoms with van der Waals surface area (Å²) in [6.45, 7) is 5.40. The third-order valence-electron chi connectivity index (χ3n) is 6.51. The maximum absolute atomic E-state index is 12.8. The van der Waals surface area contributed by atoms with Crippen LogP contribution in [-0.2, 0) is 14.3 Å². The van der Waals surface area contributed by atoms with E-state index in [1.807, 2.05) is 30.9 Å². The minimum absolute atomic E-state index is 0.0242. The highest BCUT2D eigenvalue weighted by Crippen LogP contribution is 2.35. The molecule has 3 aliphatic rings. The number of likely N-dealkylation sites (tertiary alicyclic amines) is 1. The standard InChI is InChI=1S/C24H32N2O4/c1-24(2)29-15-21(30-24)23(28)26-12-10-16(11-13-26)18-8-9-19(22(25)27)20(14-18)17-6-4-3-5-7-17/h6,8-9,14,16,21H,3-5,7,10-13,15H2,1-2H3,(H2,25,27). The summed E-state index contributed by atoms with van der Waals surface area (Å²) in [6, 6.07) is 6.08. The molecule has 4 rings (SSSR count). The molecule has 2 amide bonds. The van der Waals surface area contributed by atoms with Gasteiger partial charge in [0, 0.05) is 18.7 Å². The quantitative estimate of drug-likeness (QED) is 0.819. The van der Waals surface area contributed by atoms with E-state index in [1.165, 1.54) is 17.6 Å². The summed E-state index contributed by atoms with van der Waals surface area (Å²) in [5.74, 6) is -0.664. The van der Waals surface area contributed by atoms with Crippen molar-refractivity contribution in [2.75, 3.05) is 19.7 Å². The summed E-state index contributed by atoms with van der Waals surface area (Å²) in [5.41, 5.74) is 9.73. The number of nitrogens with two attached hydrogens (primary N) is 1. The molecule has 162 valence electrons. The largest absolute Gasteiger partial charge is 0.366 e. The Kier molecular flexibility index (Phi) is 5.98. The fourth-order valence-corrected chi connectivity index (χ4v) is 4.82. The lowest BCUT2D eigenvalue weighted by molar-refractivity contribution is -0.160. The van der Waals surface area contributed by atoms with Gasteiger partial charge >= 0.3 is 0 Å². The van der Waals surface area contributed by atoms with E-state index in [-0.39, 0.29) is 11.8 Å². The molecule has 30 heavy (non-hydrogen) atoms. The third kappa shape index (κ3) is 4.44. The summed E-state index contributed by atoms with van der Waals surface area (Å²) in [7, 11) is 0. The average Bonchev–Trinajstić information content (AvgIpc) is 3.13. The van der Waals surface area contributed by atoms with Crippen LogP contribution in [-0.4, -0.2) is 48.3 Å². The Morgan fingerprint density at radius 1 is 1.17 bits per heavy atom. The topological polar surface area (TPSA) is 81.9 Å². The van der Waals surface area contributed by atoms with Gasteiger partial charge < -0.3 is 20.1 Å². The number of primary amides is 1. The minimum atomic E-state index is -0.689. The number of piperidine rings is 1. The van der Waals surface area contributed by atoms with Gasteiger partial charge in [-0.05, 0) is 81.1 Å². The molecule has 0 bridgehead atoms. The molecule has 1 aromatic carbocycles. The van der Waals surface area contributed by atoms with Crippen LogP contribution in [0.2, 0.25) is 0 Å². The molecule has 1 unspecified atom stereocenters. The monoisotopic (exact) mass is 412 g/mol. The average molecular weight is 413 g/mol. The van der Waals surface area contributed by atoms with Gasteiger partial charge in [-0.1, -0.05) is 18.2 Å². The van der Waals surface area contributed by atoms with Crippen LogP contribution < -0.4 is 5.73 Å². The van der Waals surface area contributed by atoms with Crippen LogP contribution in [0.5, 0.6) is 0 Å². The van der Waals surface area contributed by atoms with Crippen LogP contribution in [0.1, 0.15) is 79.8 Å². The molecule has 2 aliphatic heterocycles. The first-order valence-corrected chi connectivity index (χ1v) is 11.1. The Labute approximate surface area is 178 Å². The molecule has 0 saturated carbocycles. The molecule has 1 atom stereocenters. The normalized spacial score (nSPS) is 24.5. The lowest BCUT2D eigenvalue weighted by atomic mass is 9.84. The van der Waals surface area contributed by atoms with Crippen molar-refractivity contribution < 1.29 is 19.1 Å². The molecule has 1 aromatic rings. The van der Waals surface area contributed by atoms with E-state index in [0.717, 1.165) is 37.7 Å². The van der Waals surface area contributed by atoms with Crippen LogP contribution in [0.25, 0.3) is 5.57 Å². The fraction of sp³-hybridized carbons (Fsp3) is 0.583. The molecular weight excluding hydrogens is 380 g/mol. The Morgan fingerprint density at radius 2 is 1.93 bits per heavy atom. The van der Waals surface area contributed by atoms with Crippen molar-refractivity contribution in [1.82, 2.24) is 4.90 Å².